The third-order valence-electron chi connectivity index (χ3n) is 3.95. The van der Waals surface area contributed by atoms with Crippen molar-refractivity contribution in [2.24, 2.45) is 7.05 Å². The molecule has 19 heavy (non-hydrogen) atoms. The maximum Gasteiger partial charge on any atom is 0.314 e. The lowest BCUT2D eigenvalue weighted by atomic mass is 9.95. The zero-order chi connectivity index (χ0) is 13.6. The molecular formula is C15H17NO3. The molecule has 2 aromatic rings. The Hall–Kier alpha value is -1.97. The topological polar surface area (TPSA) is 51.5 Å². The molecule has 4 nitrogen and oxygen atoms in total. The Kier molecular flexibility index (Phi) is 2.55. The summed E-state index contributed by atoms with van der Waals surface area (Å²) in [6.45, 7) is 2.55. The minimum Gasteiger partial charge on any atom is -0.494 e. The maximum absolute atomic E-state index is 11.5. The van der Waals surface area contributed by atoms with E-state index in [-0.39, 0.29) is 0 Å². The predicted octanol–water partition coefficient (Wildman–Crippen LogP) is 2.69. The first-order valence-corrected chi connectivity index (χ1v) is 6.54. The minimum atomic E-state index is -0.721. The first-order valence-electron chi connectivity index (χ1n) is 6.54. The lowest BCUT2D eigenvalue weighted by Gasteiger charge is -2.09. The average Bonchev–Trinajstić information content (AvgIpc) is 3.12. The van der Waals surface area contributed by atoms with Crippen molar-refractivity contribution in [1.82, 2.24) is 4.57 Å². The highest BCUT2D eigenvalue weighted by Gasteiger charge is 2.53. The zero-order valence-electron chi connectivity index (χ0n) is 11.1. The van der Waals surface area contributed by atoms with Gasteiger partial charge in [-0.2, -0.15) is 0 Å². The van der Waals surface area contributed by atoms with Crippen LogP contribution in [-0.4, -0.2) is 22.2 Å². The van der Waals surface area contributed by atoms with Gasteiger partial charge in [-0.15, -0.1) is 0 Å². The molecule has 1 heterocycles. The standard InChI is InChI=1S/C15H17NO3/c1-3-19-10-4-5-13-11(8-10)12(9-16(13)2)15(6-7-15)14(17)18/h4-5,8-9H,3,6-7H2,1-2H3,(H,17,18). The molecule has 0 aliphatic heterocycles. The Bertz CT molecular complexity index is 653. The Labute approximate surface area is 111 Å². The van der Waals surface area contributed by atoms with Crippen molar-refractivity contribution in [3.05, 3.63) is 30.0 Å². The van der Waals surface area contributed by atoms with Crippen LogP contribution in [0, 0.1) is 0 Å². The number of aromatic nitrogens is 1. The van der Waals surface area contributed by atoms with Crippen molar-refractivity contribution in [2.75, 3.05) is 6.61 Å². The number of hydrogen-bond acceptors (Lipinski definition) is 2. The first kappa shape index (κ1) is 12.1. The maximum atomic E-state index is 11.5. The molecule has 0 unspecified atom stereocenters. The van der Waals surface area contributed by atoms with Crippen molar-refractivity contribution >= 4 is 16.9 Å². The molecule has 0 amide bonds. The van der Waals surface area contributed by atoms with Gasteiger partial charge in [0.25, 0.3) is 0 Å². The molecule has 1 aliphatic rings. The van der Waals surface area contributed by atoms with Gasteiger partial charge in [0.2, 0.25) is 0 Å². The normalized spacial score (nSPS) is 16.5. The number of benzene rings is 1. The minimum absolute atomic E-state index is 0.609. The number of aryl methyl sites for hydroxylation is 1. The van der Waals surface area contributed by atoms with Crippen LogP contribution in [0.15, 0.2) is 24.4 Å². The monoisotopic (exact) mass is 259 g/mol. The van der Waals surface area contributed by atoms with Crippen molar-refractivity contribution in [3.8, 4) is 5.75 Å². The van der Waals surface area contributed by atoms with Crippen LogP contribution in [0.3, 0.4) is 0 Å². The van der Waals surface area contributed by atoms with Gasteiger partial charge in [-0.3, -0.25) is 4.79 Å². The molecule has 0 spiro atoms. The van der Waals surface area contributed by atoms with Crippen LogP contribution in [0.5, 0.6) is 5.75 Å². The summed E-state index contributed by atoms with van der Waals surface area (Å²) in [5.74, 6) is 0.0745. The predicted molar refractivity (Wildman–Crippen MR) is 72.6 cm³/mol. The number of nitrogens with zero attached hydrogens (tertiary/aromatic N) is 1. The fourth-order valence-electron chi connectivity index (χ4n) is 2.73. The second-order valence-electron chi connectivity index (χ2n) is 5.15. The van der Waals surface area contributed by atoms with E-state index in [2.05, 4.69) is 0 Å². The molecule has 1 aliphatic carbocycles. The molecule has 0 radical (unpaired) electrons. The molecule has 1 aromatic carbocycles. The molecule has 4 heteroatoms. The Morgan fingerprint density at radius 2 is 2.21 bits per heavy atom. The van der Waals surface area contributed by atoms with Crippen LogP contribution in [0.25, 0.3) is 10.9 Å². The number of carboxylic acids is 1. The number of carbonyl (C=O) groups is 1. The second kappa shape index (κ2) is 4.02. The van der Waals surface area contributed by atoms with Crippen LogP contribution in [-0.2, 0) is 17.3 Å². The number of hydrogen-bond donors (Lipinski definition) is 1. The van der Waals surface area contributed by atoms with E-state index >= 15 is 0 Å². The molecule has 1 N–H and O–H groups in total. The Morgan fingerprint density at radius 1 is 1.47 bits per heavy atom. The van der Waals surface area contributed by atoms with E-state index in [9.17, 15) is 9.90 Å². The van der Waals surface area contributed by atoms with E-state index in [1.54, 1.807) is 0 Å². The van der Waals surface area contributed by atoms with Gasteiger partial charge in [-0.25, -0.2) is 0 Å². The average molecular weight is 259 g/mol. The van der Waals surface area contributed by atoms with Crippen LogP contribution in [0.2, 0.25) is 0 Å². The zero-order valence-corrected chi connectivity index (χ0v) is 11.1. The number of carboxylic acid groups (broad SMARTS) is 1. The van der Waals surface area contributed by atoms with Crippen LogP contribution < -0.4 is 4.74 Å². The Morgan fingerprint density at radius 3 is 2.79 bits per heavy atom. The molecule has 100 valence electrons. The third kappa shape index (κ3) is 1.70. The lowest BCUT2D eigenvalue weighted by Crippen LogP contribution is -2.19. The third-order valence-corrected chi connectivity index (χ3v) is 3.95. The largest absolute Gasteiger partial charge is 0.494 e. The number of ether oxygens (including phenoxy) is 1. The number of fused-ring (bicyclic) bond motifs is 1. The summed E-state index contributed by atoms with van der Waals surface area (Å²) in [6.07, 6.45) is 3.39. The van der Waals surface area contributed by atoms with E-state index in [1.165, 1.54) is 0 Å². The second-order valence-corrected chi connectivity index (χ2v) is 5.15. The summed E-state index contributed by atoms with van der Waals surface area (Å²) >= 11 is 0. The molecule has 1 aromatic heterocycles. The van der Waals surface area contributed by atoms with Crippen LogP contribution >= 0.6 is 0 Å². The fourth-order valence-corrected chi connectivity index (χ4v) is 2.73. The SMILES string of the molecule is CCOc1ccc2c(c1)c(C1(C(=O)O)CC1)cn2C. The Balaban J connectivity index is 2.19. The highest BCUT2D eigenvalue weighted by Crippen LogP contribution is 2.51. The molecule has 1 saturated carbocycles. The van der Waals surface area contributed by atoms with E-state index in [0.29, 0.717) is 6.61 Å². The first-order chi connectivity index (χ1) is 9.08. The summed E-state index contributed by atoms with van der Waals surface area (Å²) < 4.78 is 7.50. The summed E-state index contributed by atoms with van der Waals surface area (Å²) in [5.41, 5.74) is 1.29. The van der Waals surface area contributed by atoms with Crippen molar-refractivity contribution in [2.45, 2.75) is 25.2 Å². The van der Waals surface area contributed by atoms with Crippen LogP contribution in [0.4, 0.5) is 0 Å². The van der Waals surface area contributed by atoms with Gasteiger partial charge in [0.15, 0.2) is 0 Å². The molecule has 1 fully saturated rings. The van der Waals surface area contributed by atoms with E-state index in [0.717, 1.165) is 35.1 Å². The van der Waals surface area contributed by atoms with Gasteiger partial charge in [0.1, 0.15) is 5.75 Å². The van der Waals surface area contributed by atoms with E-state index < -0.39 is 11.4 Å². The summed E-state index contributed by atoms with van der Waals surface area (Å²) in [6, 6.07) is 5.87. The highest BCUT2D eigenvalue weighted by molar-refractivity contribution is 5.95. The van der Waals surface area contributed by atoms with Gasteiger partial charge in [-0.1, -0.05) is 0 Å². The van der Waals surface area contributed by atoms with Crippen LogP contribution in [0.1, 0.15) is 25.3 Å². The summed E-state index contributed by atoms with van der Waals surface area (Å²) in [4.78, 5) is 11.5. The highest BCUT2D eigenvalue weighted by atomic mass is 16.5. The molecule has 3 rings (SSSR count). The van der Waals surface area contributed by atoms with Gasteiger partial charge in [0.05, 0.1) is 12.0 Å². The molecule has 0 saturated heterocycles. The van der Waals surface area contributed by atoms with E-state index in [4.69, 9.17) is 4.74 Å². The van der Waals surface area contributed by atoms with Gasteiger partial charge in [0, 0.05) is 24.1 Å². The van der Waals surface area contributed by atoms with Crippen molar-refractivity contribution in [1.29, 1.82) is 0 Å². The molecule has 0 bridgehead atoms. The summed E-state index contributed by atoms with van der Waals surface area (Å²) in [5, 5.41) is 10.5. The smallest absolute Gasteiger partial charge is 0.314 e. The molecular weight excluding hydrogens is 242 g/mol. The van der Waals surface area contributed by atoms with E-state index in [1.807, 2.05) is 42.9 Å². The van der Waals surface area contributed by atoms with Crippen molar-refractivity contribution in [3.63, 3.8) is 0 Å². The lowest BCUT2D eigenvalue weighted by molar-refractivity contribution is -0.140. The fraction of sp³-hybridized carbons (Fsp3) is 0.400. The summed E-state index contributed by atoms with van der Waals surface area (Å²) in [7, 11) is 1.95. The van der Waals surface area contributed by atoms with Gasteiger partial charge >= 0.3 is 5.97 Å². The number of aliphatic carboxylic acids is 1. The van der Waals surface area contributed by atoms with Crippen molar-refractivity contribution < 1.29 is 14.6 Å². The quantitative estimate of drug-likeness (QED) is 0.918. The van der Waals surface area contributed by atoms with Gasteiger partial charge < -0.3 is 14.4 Å². The molecule has 0 atom stereocenters. The number of rotatable bonds is 4. The van der Waals surface area contributed by atoms with Gasteiger partial charge in [-0.05, 0) is 43.5 Å².